The number of carbonyl (C=O) groups excluding carboxylic acids is 1. The normalized spacial score (nSPS) is 12.5. The molecule has 0 saturated heterocycles. The number of benzene rings is 3. The first-order chi connectivity index (χ1) is 15.1. The van der Waals surface area contributed by atoms with Crippen LogP contribution in [-0.2, 0) is 21.4 Å². The van der Waals surface area contributed by atoms with Crippen molar-refractivity contribution >= 4 is 39.1 Å². The first-order valence-electron chi connectivity index (χ1n) is 10.0. The number of amides is 1. The summed E-state index contributed by atoms with van der Waals surface area (Å²) < 4.78 is 27.9. The van der Waals surface area contributed by atoms with Crippen LogP contribution < -0.4 is 5.32 Å². The molecular weight excluding hydrogens is 467 g/mol. The van der Waals surface area contributed by atoms with E-state index in [1.807, 2.05) is 26.0 Å². The van der Waals surface area contributed by atoms with Gasteiger partial charge >= 0.3 is 0 Å². The van der Waals surface area contributed by atoms with Crippen molar-refractivity contribution in [3.63, 3.8) is 0 Å². The van der Waals surface area contributed by atoms with Gasteiger partial charge in [0, 0.05) is 16.6 Å². The second-order valence-electron chi connectivity index (χ2n) is 7.55. The molecule has 3 aromatic rings. The minimum atomic E-state index is -3.91. The Balaban J connectivity index is 1.82. The van der Waals surface area contributed by atoms with Crippen molar-refractivity contribution in [1.82, 2.24) is 9.62 Å². The molecule has 1 N–H and O–H groups in total. The Morgan fingerprint density at radius 2 is 1.44 bits per heavy atom. The van der Waals surface area contributed by atoms with Crippen LogP contribution in [0.2, 0.25) is 10.0 Å². The zero-order chi connectivity index (χ0) is 23.3. The fourth-order valence-electron chi connectivity index (χ4n) is 3.16. The van der Waals surface area contributed by atoms with Gasteiger partial charge in [-0.05, 0) is 61.4 Å². The summed E-state index contributed by atoms with van der Waals surface area (Å²) in [5, 5.41) is 4.02. The summed E-state index contributed by atoms with van der Waals surface area (Å²) in [6.45, 7) is 3.43. The summed E-state index contributed by atoms with van der Waals surface area (Å²) in [5.74, 6) is -0.405. The van der Waals surface area contributed by atoms with E-state index in [1.54, 1.807) is 60.7 Å². The molecule has 5 nitrogen and oxygen atoms in total. The molecule has 3 rings (SSSR count). The number of hydrogen-bond acceptors (Lipinski definition) is 3. The highest BCUT2D eigenvalue weighted by atomic mass is 35.5. The summed E-state index contributed by atoms with van der Waals surface area (Å²) >= 11 is 11.9. The topological polar surface area (TPSA) is 66.5 Å². The molecule has 0 saturated carbocycles. The molecule has 168 valence electrons. The molecule has 0 aliphatic carbocycles. The van der Waals surface area contributed by atoms with Gasteiger partial charge < -0.3 is 5.32 Å². The second-order valence-corrected chi connectivity index (χ2v) is 10.4. The second kappa shape index (κ2) is 10.5. The number of nitrogens with zero attached hydrogens (tertiary/aromatic N) is 1. The average molecular weight is 491 g/mol. The number of nitrogens with one attached hydrogen (secondary N) is 1. The Morgan fingerprint density at radius 1 is 0.906 bits per heavy atom. The van der Waals surface area contributed by atoms with Crippen molar-refractivity contribution in [1.29, 1.82) is 0 Å². The highest BCUT2D eigenvalue weighted by Gasteiger charge is 2.27. The smallest absolute Gasteiger partial charge is 0.243 e. The van der Waals surface area contributed by atoms with E-state index in [1.165, 1.54) is 4.31 Å². The van der Waals surface area contributed by atoms with Crippen LogP contribution in [0, 0.1) is 6.92 Å². The zero-order valence-corrected chi connectivity index (χ0v) is 20.1. The summed E-state index contributed by atoms with van der Waals surface area (Å²) in [5.41, 5.74) is 2.54. The number of carbonyl (C=O) groups is 1. The van der Waals surface area contributed by atoms with E-state index in [9.17, 15) is 13.2 Å². The van der Waals surface area contributed by atoms with Crippen molar-refractivity contribution in [2.24, 2.45) is 0 Å². The molecule has 0 aliphatic heterocycles. The molecule has 0 aromatic heterocycles. The van der Waals surface area contributed by atoms with Gasteiger partial charge in [0.15, 0.2) is 0 Å². The average Bonchev–Trinajstić information content (AvgIpc) is 2.75. The molecule has 1 amide bonds. The lowest BCUT2D eigenvalue weighted by atomic mass is 10.1. The van der Waals surface area contributed by atoms with Crippen molar-refractivity contribution in [3.05, 3.63) is 99.5 Å². The number of halogens is 2. The van der Waals surface area contributed by atoms with Crippen LogP contribution in [-0.4, -0.2) is 25.2 Å². The highest BCUT2D eigenvalue weighted by molar-refractivity contribution is 7.89. The van der Waals surface area contributed by atoms with E-state index < -0.39 is 15.9 Å². The van der Waals surface area contributed by atoms with Crippen LogP contribution in [0.15, 0.2) is 77.7 Å². The van der Waals surface area contributed by atoms with Crippen LogP contribution in [0.25, 0.3) is 0 Å². The van der Waals surface area contributed by atoms with Crippen LogP contribution in [0.4, 0.5) is 0 Å². The van der Waals surface area contributed by atoms with Gasteiger partial charge in [-0.25, -0.2) is 8.42 Å². The summed E-state index contributed by atoms with van der Waals surface area (Å²) in [6.07, 6.45) is 0. The van der Waals surface area contributed by atoms with Gasteiger partial charge in [0.1, 0.15) is 0 Å². The van der Waals surface area contributed by atoms with Crippen LogP contribution >= 0.6 is 23.2 Å². The first-order valence-corrected chi connectivity index (χ1v) is 12.2. The lowest BCUT2D eigenvalue weighted by molar-refractivity contribution is -0.122. The maximum Gasteiger partial charge on any atom is 0.243 e. The largest absolute Gasteiger partial charge is 0.348 e. The standard InChI is InChI=1S/C24H24Cl2N2O3S/c1-17-3-13-23(14-4-17)32(30,31)28(15-19-5-9-21(25)10-6-19)16-24(29)27-18(2)20-7-11-22(26)12-8-20/h3-14,18H,15-16H2,1-2H3,(H,27,29). The molecule has 0 fully saturated rings. The molecule has 0 bridgehead atoms. The first kappa shape index (κ1) is 24.3. The zero-order valence-electron chi connectivity index (χ0n) is 17.8. The Bertz CT molecular complexity index is 1160. The maximum absolute atomic E-state index is 13.3. The number of hydrogen-bond donors (Lipinski definition) is 1. The minimum Gasteiger partial charge on any atom is -0.348 e. The van der Waals surface area contributed by atoms with Gasteiger partial charge in [-0.15, -0.1) is 0 Å². The fourth-order valence-corrected chi connectivity index (χ4v) is 4.80. The van der Waals surface area contributed by atoms with E-state index in [4.69, 9.17) is 23.2 Å². The van der Waals surface area contributed by atoms with Gasteiger partial charge in [0.25, 0.3) is 0 Å². The molecule has 0 aliphatic rings. The molecule has 32 heavy (non-hydrogen) atoms. The van der Waals surface area contributed by atoms with Gasteiger partial charge in [-0.1, -0.05) is 65.2 Å². The lowest BCUT2D eigenvalue weighted by Crippen LogP contribution is -2.41. The third kappa shape index (κ3) is 6.33. The molecule has 0 spiro atoms. The van der Waals surface area contributed by atoms with Crippen molar-refractivity contribution in [2.45, 2.75) is 31.3 Å². The number of aryl methyl sites for hydroxylation is 1. The molecule has 1 unspecified atom stereocenters. The van der Waals surface area contributed by atoms with Gasteiger partial charge in [0.2, 0.25) is 15.9 Å². The van der Waals surface area contributed by atoms with Crippen LogP contribution in [0.3, 0.4) is 0 Å². The van der Waals surface area contributed by atoms with Crippen molar-refractivity contribution in [2.75, 3.05) is 6.54 Å². The van der Waals surface area contributed by atoms with E-state index in [0.717, 1.165) is 16.7 Å². The van der Waals surface area contributed by atoms with Gasteiger partial charge in [0.05, 0.1) is 17.5 Å². The van der Waals surface area contributed by atoms with Crippen molar-refractivity contribution < 1.29 is 13.2 Å². The Kier molecular flexibility index (Phi) is 7.96. The predicted molar refractivity (Wildman–Crippen MR) is 128 cm³/mol. The molecule has 0 radical (unpaired) electrons. The maximum atomic E-state index is 13.3. The Hall–Kier alpha value is -2.38. The number of sulfonamides is 1. The monoisotopic (exact) mass is 490 g/mol. The van der Waals surface area contributed by atoms with E-state index in [2.05, 4.69) is 5.32 Å². The Labute approximate surface area is 199 Å². The molecule has 0 heterocycles. The molecule has 1 atom stereocenters. The highest BCUT2D eigenvalue weighted by Crippen LogP contribution is 2.21. The van der Waals surface area contributed by atoms with Crippen LogP contribution in [0.1, 0.15) is 29.7 Å². The summed E-state index contributed by atoms with van der Waals surface area (Å²) in [4.78, 5) is 13.0. The van der Waals surface area contributed by atoms with Gasteiger partial charge in [-0.3, -0.25) is 4.79 Å². The Morgan fingerprint density at radius 3 is 2.00 bits per heavy atom. The van der Waals surface area contributed by atoms with Crippen molar-refractivity contribution in [3.8, 4) is 0 Å². The van der Waals surface area contributed by atoms with Gasteiger partial charge in [-0.2, -0.15) is 4.31 Å². The van der Waals surface area contributed by atoms with E-state index in [0.29, 0.717) is 10.0 Å². The van der Waals surface area contributed by atoms with E-state index in [-0.39, 0.29) is 24.0 Å². The molecule has 3 aromatic carbocycles. The lowest BCUT2D eigenvalue weighted by Gasteiger charge is -2.23. The fraction of sp³-hybridized carbons (Fsp3) is 0.208. The SMILES string of the molecule is Cc1ccc(S(=O)(=O)N(CC(=O)NC(C)c2ccc(Cl)cc2)Cc2ccc(Cl)cc2)cc1. The minimum absolute atomic E-state index is 0.0378. The molecule has 8 heteroatoms. The third-order valence-corrected chi connectivity index (χ3v) is 7.31. The summed E-state index contributed by atoms with van der Waals surface area (Å²) in [6, 6.07) is 20.3. The van der Waals surface area contributed by atoms with Crippen LogP contribution in [0.5, 0.6) is 0 Å². The third-order valence-electron chi connectivity index (χ3n) is 5.00. The number of rotatable bonds is 8. The predicted octanol–water partition coefficient (Wildman–Crippen LogP) is 5.37. The van der Waals surface area contributed by atoms with E-state index >= 15 is 0 Å². The summed E-state index contributed by atoms with van der Waals surface area (Å²) in [7, 11) is -3.91. The quantitative estimate of drug-likeness (QED) is 0.461. The molecular formula is C24H24Cl2N2O3S.